The average Bonchev–Trinajstić information content (AvgIpc) is 2.60. The third-order valence-electron chi connectivity index (χ3n) is 3.23. The molecular formula is C14H15N5O7S. The molecule has 0 aliphatic heterocycles. The van der Waals surface area contributed by atoms with Gasteiger partial charge in [-0.1, -0.05) is 18.2 Å². The first-order chi connectivity index (χ1) is 12.7. The van der Waals surface area contributed by atoms with E-state index in [1.54, 1.807) is 0 Å². The van der Waals surface area contributed by atoms with E-state index in [1.807, 2.05) is 0 Å². The molecule has 144 valence electrons. The highest BCUT2D eigenvalue weighted by Gasteiger charge is 2.35. The van der Waals surface area contributed by atoms with Gasteiger partial charge in [-0.3, -0.25) is 10.1 Å². The molecule has 13 heteroatoms. The predicted molar refractivity (Wildman–Crippen MR) is 90.8 cm³/mol. The topological polar surface area (TPSA) is 184 Å². The molecule has 0 aliphatic rings. The van der Waals surface area contributed by atoms with Crippen LogP contribution in [-0.2, 0) is 14.8 Å². The molecule has 0 fully saturated rings. The van der Waals surface area contributed by atoms with E-state index in [9.17, 15) is 23.1 Å². The van der Waals surface area contributed by atoms with E-state index in [1.165, 1.54) is 32.4 Å². The number of ether oxygens (including phenoxy) is 2. The fraction of sp³-hybridized carbons (Fsp3) is 0.214. The largest absolute Gasteiger partial charge is 0.478 e. The Morgan fingerprint density at radius 3 is 2.15 bits per heavy atom. The third-order valence-corrected chi connectivity index (χ3v) is 4.36. The smallest absolute Gasteiger partial charge is 0.336 e. The van der Waals surface area contributed by atoms with Gasteiger partial charge in [0, 0.05) is 0 Å². The quantitative estimate of drug-likeness (QED) is 0.553. The molecule has 0 spiro atoms. The van der Waals surface area contributed by atoms with Crippen LogP contribution >= 0.6 is 0 Å². The maximum atomic E-state index is 12.6. The minimum atomic E-state index is -4.53. The zero-order chi connectivity index (χ0) is 20.2. The fourth-order valence-electron chi connectivity index (χ4n) is 2.14. The van der Waals surface area contributed by atoms with E-state index in [0.29, 0.717) is 0 Å². The van der Waals surface area contributed by atoms with Crippen molar-refractivity contribution in [2.24, 2.45) is 5.14 Å². The Balaban J connectivity index is 2.48. The van der Waals surface area contributed by atoms with Gasteiger partial charge in [0.2, 0.25) is 16.0 Å². The van der Waals surface area contributed by atoms with Gasteiger partial charge >= 0.3 is 18.0 Å². The van der Waals surface area contributed by atoms with Gasteiger partial charge in [-0.25, -0.2) is 18.4 Å². The number of carboxylic acid groups (broad SMARTS) is 1. The van der Waals surface area contributed by atoms with Crippen molar-refractivity contribution in [2.45, 2.75) is 5.25 Å². The molecule has 2 rings (SSSR count). The number of aromatic carboxylic acids is 1. The number of nitrogens with one attached hydrogen (secondary N) is 1. The number of nitrogens with two attached hydrogens (primary N) is 1. The highest BCUT2D eigenvalue weighted by atomic mass is 32.2. The summed E-state index contributed by atoms with van der Waals surface area (Å²) in [6.07, 6.45) is 0. The van der Waals surface area contributed by atoms with Crippen molar-refractivity contribution in [3.05, 3.63) is 35.4 Å². The summed E-state index contributed by atoms with van der Waals surface area (Å²) in [4.78, 5) is 35.2. The van der Waals surface area contributed by atoms with Gasteiger partial charge in [0.1, 0.15) is 0 Å². The molecule has 4 N–H and O–H groups in total. The standard InChI is InChI=1S/C14H15N5O7S/c1-25-13-17-12(18-14(19-13)26-2)16-10(20)9(27(15,23)24)7-5-3-4-6-8(7)11(21)22/h3-6,9H,1-2H3,(H,21,22)(H2,15,23,24)(H,16,17,18,19,20). The molecule has 1 aromatic heterocycles. The van der Waals surface area contributed by atoms with Gasteiger partial charge in [0.25, 0.3) is 5.91 Å². The molecular weight excluding hydrogens is 382 g/mol. The van der Waals surface area contributed by atoms with Crippen LogP contribution in [0.2, 0.25) is 0 Å². The number of carbonyl (C=O) groups is 2. The highest BCUT2D eigenvalue weighted by Crippen LogP contribution is 2.26. The maximum Gasteiger partial charge on any atom is 0.336 e. The number of nitrogens with zero attached hydrogens (tertiary/aromatic N) is 3. The molecule has 1 unspecified atom stereocenters. The van der Waals surface area contributed by atoms with Crippen LogP contribution in [0.15, 0.2) is 24.3 Å². The zero-order valence-corrected chi connectivity index (χ0v) is 14.9. The number of carboxylic acids is 1. The second-order valence-corrected chi connectivity index (χ2v) is 6.63. The van der Waals surface area contributed by atoms with Gasteiger partial charge in [0.15, 0.2) is 5.25 Å². The van der Waals surface area contributed by atoms with Crippen LogP contribution in [0.5, 0.6) is 12.0 Å². The Labute approximate surface area is 153 Å². The maximum absolute atomic E-state index is 12.6. The Morgan fingerprint density at radius 2 is 1.67 bits per heavy atom. The molecule has 0 radical (unpaired) electrons. The molecule has 1 amide bonds. The minimum absolute atomic E-state index is 0.199. The van der Waals surface area contributed by atoms with Crippen molar-refractivity contribution in [2.75, 3.05) is 19.5 Å². The average molecular weight is 397 g/mol. The van der Waals surface area contributed by atoms with Crippen molar-refractivity contribution in [1.82, 2.24) is 15.0 Å². The molecule has 1 heterocycles. The fourth-order valence-corrected chi connectivity index (χ4v) is 3.06. The van der Waals surface area contributed by atoms with Gasteiger partial charge in [-0.2, -0.15) is 9.97 Å². The van der Waals surface area contributed by atoms with Crippen molar-refractivity contribution in [3.63, 3.8) is 0 Å². The first-order valence-corrected chi connectivity index (χ1v) is 8.77. The molecule has 0 saturated heterocycles. The normalized spacial score (nSPS) is 12.1. The number of benzene rings is 1. The van der Waals surface area contributed by atoms with Crippen molar-refractivity contribution >= 4 is 27.8 Å². The summed E-state index contributed by atoms with van der Waals surface area (Å²) in [5.74, 6) is -2.96. The molecule has 12 nitrogen and oxygen atoms in total. The van der Waals surface area contributed by atoms with Crippen LogP contribution < -0.4 is 19.9 Å². The van der Waals surface area contributed by atoms with Gasteiger partial charge < -0.3 is 14.6 Å². The van der Waals surface area contributed by atoms with Crippen LogP contribution in [0.3, 0.4) is 0 Å². The van der Waals surface area contributed by atoms with Crippen LogP contribution in [-0.4, -0.2) is 54.6 Å². The number of amides is 1. The number of primary sulfonamides is 1. The number of rotatable bonds is 7. The Kier molecular flexibility index (Phi) is 5.87. The lowest BCUT2D eigenvalue weighted by Gasteiger charge is -2.16. The number of hydrogen-bond acceptors (Lipinski definition) is 9. The van der Waals surface area contributed by atoms with E-state index < -0.39 is 32.7 Å². The summed E-state index contributed by atoms with van der Waals surface area (Å²) in [6, 6.07) is 4.69. The number of anilines is 1. The summed E-state index contributed by atoms with van der Waals surface area (Å²) in [6.45, 7) is 0. The SMILES string of the molecule is COc1nc(NC(=O)C(c2ccccc2C(=O)O)S(N)(=O)=O)nc(OC)n1. The van der Waals surface area contributed by atoms with Crippen molar-refractivity contribution in [3.8, 4) is 12.0 Å². The monoisotopic (exact) mass is 397 g/mol. The first kappa shape index (κ1) is 20.0. The van der Waals surface area contributed by atoms with E-state index in [4.69, 9.17) is 14.6 Å². The summed E-state index contributed by atoms with van der Waals surface area (Å²) in [5.41, 5.74) is -0.699. The first-order valence-electron chi connectivity index (χ1n) is 7.16. The molecule has 1 atom stereocenters. The number of hydrogen-bond donors (Lipinski definition) is 3. The minimum Gasteiger partial charge on any atom is -0.478 e. The number of sulfonamides is 1. The lowest BCUT2D eigenvalue weighted by molar-refractivity contribution is -0.116. The number of aromatic nitrogens is 3. The third kappa shape index (κ3) is 4.65. The molecule has 0 saturated carbocycles. The summed E-state index contributed by atoms with van der Waals surface area (Å²) < 4.78 is 33.7. The lowest BCUT2D eigenvalue weighted by Crippen LogP contribution is -2.34. The lowest BCUT2D eigenvalue weighted by atomic mass is 10.0. The van der Waals surface area contributed by atoms with Gasteiger partial charge in [-0.15, -0.1) is 4.98 Å². The second-order valence-electron chi connectivity index (χ2n) is 4.98. The predicted octanol–water partition coefficient (Wildman–Crippen LogP) is -0.445. The van der Waals surface area contributed by atoms with Gasteiger partial charge in [0.05, 0.1) is 19.8 Å². The molecule has 1 aromatic carbocycles. The molecule has 27 heavy (non-hydrogen) atoms. The van der Waals surface area contributed by atoms with Crippen molar-refractivity contribution in [1.29, 1.82) is 0 Å². The Morgan fingerprint density at radius 1 is 1.11 bits per heavy atom. The van der Waals surface area contributed by atoms with Crippen LogP contribution in [0.25, 0.3) is 0 Å². The summed E-state index contributed by atoms with van der Waals surface area (Å²) in [7, 11) is -2.01. The number of carbonyl (C=O) groups excluding carboxylic acids is 1. The van der Waals surface area contributed by atoms with Crippen molar-refractivity contribution < 1.29 is 32.6 Å². The second kappa shape index (κ2) is 7.92. The molecule has 0 aliphatic carbocycles. The van der Waals surface area contributed by atoms with E-state index >= 15 is 0 Å². The Bertz CT molecular complexity index is 957. The zero-order valence-electron chi connectivity index (χ0n) is 14.1. The molecule has 2 aromatic rings. The number of methoxy groups -OCH3 is 2. The Hall–Kier alpha value is -3.32. The van der Waals surface area contributed by atoms with E-state index in [2.05, 4.69) is 20.3 Å². The molecule has 0 bridgehead atoms. The van der Waals surface area contributed by atoms with Crippen LogP contribution in [0, 0.1) is 0 Å². The summed E-state index contributed by atoms with van der Waals surface area (Å²) >= 11 is 0. The van der Waals surface area contributed by atoms with E-state index in [0.717, 1.165) is 6.07 Å². The summed E-state index contributed by atoms with van der Waals surface area (Å²) in [5, 5.41) is 14.6. The van der Waals surface area contributed by atoms with Crippen LogP contribution in [0.1, 0.15) is 21.2 Å². The highest BCUT2D eigenvalue weighted by molar-refractivity contribution is 7.90. The van der Waals surface area contributed by atoms with Gasteiger partial charge in [-0.05, 0) is 11.6 Å². The van der Waals surface area contributed by atoms with Crippen LogP contribution in [0.4, 0.5) is 5.95 Å². The van der Waals surface area contributed by atoms with E-state index in [-0.39, 0.29) is 23.5 Å².